The van der Waals surface area contributed by atoms with Crippen molar-refractivity contribution in [3.63, 3.8) is 0 Å². The summed E-state index contributed by atoms with van der Waals surface area (Å²) in [6.45, 7) is 6.83. The van der Waals surface area contributed by atoms with Gasteiger partial charge in [-0.3, -0.25) is 4.68 Å². The summed E-state index contributed by atoms with van der Waals surface area (Å²) in [6, 6.07) is 1.86. The van der Waals surface area contributed by atoms with Crippen LogP contribution in [0.2, 0.25) is 0 Å². The maximum Gasteiger partial charge on any atom is 0.0843 e. The molecule has 1 heterocycles. The van der Waals surface area contributed by atoms with Crippen LogP contribution in [0.3, 0.4) is 0 Å². The fraction of sp³-hybridized carbons (Fsp3) is 0.700. The predicted octanol–water partition coefficient (Wildman–Crippen LogP) is 0.705. The van der Waals surface area contributed by atoms with Gasteiger partial charge < -0.3 is 10.8 Å². The number of nitrogens with zero attached hydrogens (tertiary/aromatic N) is 2. The van der Waals surface area contributed by atoms with Crippen molar-refractivity contribution in [3.8, 4) is 0 Å². The lowest BCUT2D eigenvalue weighted by molar-refractivity contribution is 0.205. The largest absolute Gasteiger partial charge is 0.394 e. The molecule has 0 fully saturated rings. The maximum absolute atomic E-state index is 9.06. The van der Waals surface area contributed by atoms with Crippen LogP contribution < -0.4 is 5.73 Å². The Kier molecular flexibility index (Phi) is 3.29. The van der Waals surface area contributed by atoms with Crippen LogP contribution in [0, 0.1) is 5.92 Å². The summed E-state index contributed by atoms with van der Waals surface area (Å²) in [4.78, 5) is 0. The Balaban J connectivity index is 2.77. The van der Waals surface area contributed by atoms with Crippen molar-refractivity contribution in [2.45, 2.75) is 32.9 Å². The number of aliphatic hydroxyl groups excluding tert-OH is 1. The second-order valence-electron chi connectivity index (χ2n) is 4.39. The first-order valence-corrected chi connectivity index (χ1v) is 4.89. The maximum atomic E-state index is 9.06. The average molecular weight is 197 g/mol. The van der Waals surface area contributed by atoms with Gasteiger partial charge in [-0.1, -0.05) is 13.8 Å². The van der Waals surface area contributed by atoms with E-state index in [0.29, 0.717) is 5.92 Å². The lowest BCUT2D eigenvalue weighted by atomic mass is 10.0. The molecule has 1 unspecified atom stereocenters. The molecule has 0 saturated carbocycles. The molecule has 0 amide bonds. The van der Waals surface area contributed by atoms with Gasteiger partial charge in [-0.05, 0) is 18.9 Å². The molecule has 4 nitrogen and oxygen atoms in total. The van der Waals surface area contributed by atoms with E-state index < -0.39 is 5.54 Å². The molecule has 14 heavy (non-hydrogen) atoms. The minimum Gasteiger partial charge on any atom is -0.394 e. The second-order valence-corrected chi connectivity index (χ2v) is 4.39. The number of hydrogen-bond acceptors (Lipinski definition) is 3. The van der Waals surface area contributed by atoms with Gasteiger partial charge in [0.1, 0.15) is 0 Å². The minimum atomic E-state index is -0.734. The fourth-order valence-corrected chi connectivity index (χ4v) is 1.22. The number of aromatic nitrogens is 2. The highest BCUT2D eigenvalue weighted by atomic mass is 16.3. The summed E-state index contributed by atoms with van der Waals surface area (Å²) >= 11 is 0. The number of aliphatic hydroxyl groups is 1. The first-order valence-electron chi connectivity index (χ1n) is 4.89. The molecule has 1 aromatic heterocycles. The molecule has 4 heteroatoms. The molecule has 0 aliphatic rings. The van der Waals surface area contributed by atoms with E-state index >= 15 is 0 Å². The molecule has 0 aliphatic heterocycles. The Morgan fingerprint density at radius 2 is 2.29 bits per heavy atom. The van der Waals surface area contributed by atoms with E-state index in [4.69, 9.17) is 10.8 Å². The molecule has 3 N–H and O–H groups in total. The quantitative estimate of drug-likeness (QED) is 0.747. The lowest BCUT2D eigenvalue weighted by Gasteiger charge is -2.18. The van der Waals surface area contributed by atoms with Crippen LogP contribution in [0.1, 0.15) is 26.5 Å². The van der Waals surface area contributed by atoms with Gasteiger partial charge in [-0.15, -0.1) is 0 Å². The highest BCUT2D eigenvalue weighted by molar-refractivity contribution is 5.11. The molecule has 80 valence electrons. The van der Waals surface area contributed by atoms with Gasteiger partial charge in [0.15, 0.2) is 0 Å². The lowest BCUT2D eigenvalue weighted by Crippen LogP contribution is -2.37. The first kappa shape index (κ1) is 11.2. The third-order valence-electron chi connectivity index (χ3n) is 2.11. The van der Waals surface area contributed by atoms with E-state index in [0.717, 1.165) is 12.2 Å². The SMILES string of the molecule is CC(C)Cn1ccc(C(C)(N)CO)n1. The van der Waals surface area contributed by atoms with Crippen LogP contribution in [-0.4, -0.2) is 21.5 Å². The summed E-state index contributed by atoms with van der Waals surface area (Å²) in [5, 5.41) is 13.4. The van der Waals surface area contributed by atoms with E-state index in [1.54, 1.807) is 6.92 Å². The molecular formula is C10H19N3O. The second kappa shape index (κ2) is 4.11. The number of hydrogen-bond donors (Lipinski definition) is 2. The van der Waals surface area contributed by atoms with Crippen LogP contribution in [0.25, 0.3) is 0 Å². The van der Waals surface area contributed by atoms with E-state index in [1.807, 2.05) is 16.9 Å². The van der Waals surface area contributed by atoms with E-state index in [2.05, 4.69) is 18.9 Å². The van der Waals surface area contributed by atoms with Crippen molar-refractivity contribution in [3.05, 3.63) is 18.0 Å². The van der Waals surface area contributed by atoms with Crippen LogP contribution in [0.4, 0.5) is 0 Å². The molecule has 0 aromatic carbocycles. The van der Waals surface area contributed by atoms with E-state index in [-0.39, 0.29) is 6.61 Å². The van der Waals surface area contributed by atoms with Gasteiger partial charge in [0.2, 0.25) is 0 Å². The zero-order chi connectivity index (χ0) is 10.8. The summed E-state index contributed by atoms with van der Waals surface area (Å²) in [7, 11) is 0. The van der Waals surface area contributed by atoms with Gasteiger partial charge >= 0.3 is 0 Å². The Morgan fingerprint density at radius 1 is 1.64 bits per heavy atom. The van der Waals surface area contributed by atoms with Crippen LogP contribution >= 0.6 is 0 Å². The summed E-state index contributed by atoms with van der Waals surface area (Å²) in [6.07, 6.45) is 1.90. The summed E-state index contributed by atoms with van der Waals surface area (Å²) in [5.41, 5.74) is 5.86. The molecule has 0 spiro atoms. The molecule has 1 atom stereocenters. The number of nitrogens with two attached hydrogens (primary N) is 1. The van der Waals surface area contributed by atoms with Gasteiger partial charge in [0.25, 0.3) is 0 Å². The van der Waals surface area contributed by atoms with Crippen LogP contribution in [0.5, 0.6) is 0 Å². The van der Waals surface area contributed by atoms with Gasteiger partial charge in [0.05, 0.1) is 17.8 Å². The third-order valence-corrected chi connectivity index (χ3v) is 2.11. The zero-order valence-electron chi connectivity index (χ0n) is 9.07. The highest BCUT2D eigenvalue weighted by Gasteiger charge is 2.22. The van der Waals surface area contributed by atoms with E-state index in [1.165, 1.54) is 0 Å². The predicted molar refractivity (Wildman–Crippen MR) is 55.7 cm³/mol. The summed E-state index contributed by atoms with van der Waals surface area (Å²) in [5.74, 6) is 0.556. The Morgan fingerprint density at radius 3 is 2.79 bits per heavy atom. The average Bonchev–Trinajstić information content (AvgIpc) is 2.52. The zero-order valence-corrected chi connectivity index (χ0v) is 9.07. The van der Waals surface area contributed by atoms with Gasteiger partial charge in [-0.2, -0.15) is 5.10 Å². The van der Waals surface area contributed by atoms with Crippen molar-refractivity contribution < 1.29 is 5.11 Å². The van der Waals surface area contributed by atoms with Crippen molar-refractivity contribution >= 4 is 0 Å². The minimum absolute atomic E-state index is 0.0916. The molecule has 1 rings (SSSR count). The smallest absolute Gasteiger partial charge is 0.0843 e. The fourth-order valence-electron chi connectivity index (χ4n) is 1.22. The molecule has 0 bridgehead atoms. The normalized spacial score (nSPS) is 15.9. The molecular weight excluding hydrogens is 178 g/mol. The van der Waals surface area contributed by atoms with E-state index in [9.17, 15) is 0 Å². The highest BCUT2D eigenvalue weighted by Crippen LogP contribution is 2.14. The van der Waals surface area contributed by atoms with Crippen molar-refractivity contribution in [1.29, 1.82) is 0 Å². The van der Waals surface area contributed by atoms with Crippen LogP contribution in [0.15, 0.2) is 12.3 Å². The Hall–Kier alpha value is -0.870. The van der Waals surface area contributed by atoms with Crippen molar-refractivity contribution in [2.24, 2.45) is 11.7 Å². The molecule has 0 saturated heterocycles. The monoisotopic (exact) mass is 197 g/mol. The third kappa shape index (κ3) is 2.56. The molecule has 0 aliphatic carbocycles. The molecule has 1 aromatic rings. The topological polar surface area (TPSA) is 64.1 Å². The van der Waals surface area contributed by atoms with Gasteiger partial charge in [0, 0.05) is 12.7 Å². The van der Waals surface area contributed by atoms with Crippen molar-refractivity contribution in [2.75, 3.05) is 6.61 Å². The Labute approximate surface area is 84.7 Å². The standard InChI is InChI=1S/C10H19N3O/c1-8(2)6-13-5-4-9(12-13)10(3,11)7-14/h4-5,8,14H,6-7,11H2,1-3H3. The summed E-state index contributed by atoms with van der Waals surface area (Å²) < 4.78 is 1.86. The van der Waals surface area contributed by atoms with Crippen molar-refractivity contribution in [1.82, 2.24) is 9.78 Å². The first-order chi connectivity index (χ1) is 6.45. The van der Waals surface area contributed by atoms with Crippen LogP contribution in [-0.2, 0) is 12.1 Å². The Bertz CT molecular complexity index is 291. The number of rotatable bonds is 4. The van der Waals surface area contributed by atoms with Gasteiger partial charge in [-0.25, -0.2) is 0 Å². The molecule has 0 radical (unpaired) electrons.